The number of hydrogen-bond donors (Lipinski definition) is 0. The predicted molar refractivity (Wildman–Crippen MR) is 155 cm³/mol. The fourth-order valence-electron chi connectivity index (χ4n) is 4.01. The van der Waals surface area contributed by atoms with E-state index in [1.54, 1.807) is 11.3 Å². The Bertz CT molecular complexity index is 1510. The van der Waals surface area contributed by atoms with Crippen LogP contribution in [-0.4, -0.2) is 0 Å². The summed E-state index contributed by atoms with van der Waals surface area (Å²) in [5.41, 5.74) is 5.20. The van der Waals surface area contributed by atoms with Crippen LogP contribution in [0.5, 0.6) is 0 Å². The standard InChI is InChI=1S/C30H22S4/c1-2-20-5-7-21(8-6-20)22-9-11-23(12-10-22)24-13-14-27(32-24)28-17-18-30(34-28)29-16-15-26(33-29)25-4-3-19-31-25/h3-19H,2H2,1H3. The molecule has 6 aromatic rings. The summed E-state index contributed by atoms with van der Waals surface area (Å²) < 4.78 is 0. The normalized spacial score (nSPS) is 11.2. The zero-order valence-electron chi connectivity index (χ0n) is 18.7. The first-order valence-electron chi connectivity index (χ1n) is 11.3. The smallest absolute Gasteiger partial charge is 0.0449 e. The van der Waals surface area contributed by atoms with E-state index >= 15 is 0 Å². The van der Waals surface area contributed by atoms with Crippen LogP contribution in [0.4, 0.5) is 0 Å². The Labute approximate surface area is 216 Å². The van der Waals surface area contributed by atoms with Crippen LogP contribution < -0.4 is 0 Å². The molecule has 0 nitrogen and oxygen atoms in total. The number of benzene rings is 2. The summed E-state index contributed by atoms with van der Waals surface area (Å²) >= 11 is 7.44. The van der Waals surface area contributed by atoms with Gasteiger partial charge in [-0.05, 0) is 76.5 Å². The average Bonchev–Trinajstić information content (AvgIpc) is 3.70. The number of thiophene rings is 4. The van der Waals surface area contributed by atoms with E-state index < -0.39 is 0 Å². The third-order valence-corrected chi connectivity index (χ3v) is 10.7. The van der Waals surface area contributed by atoms with Crippen molar-refractivity contribution in [3.05, 3.63) is 108 Å². The zero-order chi connectivity index (χ0) is 22.9. The van der Waals surface area contributed by atoms with Crippen molar-refractivity contribution in [1.29, 1.82) is 0 Å². The van der Waals surface area contributed by atoms with Gasteiger partial charge in [-0.25, -0.2) is 0 Å². The molecule has 0 atom stereocenters. The summed E-state index contributed by atoms with van der Waals surface area (Å²) in [6.45, 7) is 2.19. The second-order valence-corrected chi connectivity index (χ2v) is 12.3. The van der Waals surface area contributed by atoms with Crippen molar-refractivity contribution in [2.24, 2.45) is 0 Å². The van der Waals surface area contributed by atoms with E-state index in [0.29, 0.717) is 0 Å². The molecule has 4 heterocycles. The lowest BCUT2D eigenvalue weighted by atomic mass is 10.0. The lowest BCUT2D eigenvalue weighted by Gasteiger charge is -2.05. The molecule has 0 aliphatic rings. The monoisotopic (exact) mass is 510 g/mol. The summed E-state index contributed by atoms with van der Waals surface area (Å²) in [5.74, 6) is 0. The maximum atomic E-state index is 2.27. The Morgan fingerprint density at radius 2 is 0.882 bits per heavy atom. The van der Waals surface area contributed by atoms with Crippen LogP contribution in [0.3, 0.4) is 0 Å². The molecule has 0 spiro atoms. The van der Waals surface area contributed by atoms with E-state index in [1.807, 2.05) is 34.0 Å². The molecular weight excluding hydrogens is 489 g/mol. The summed E-state index contributed by atoms with van der Waals surface area (Å²) in [4.78, 5) is 9.37. The Kier molecular flexibility index (Phi) is 6.06. The summed E-state index contributed by atoms with van der Waals surface area (Å²) in [7, 11) is 0. The molecule has 4 heteroatoms. The Balaban J connectivity index is 1.21. The quantitative estimate of drug-likeness (QED) is 0.209. The largest absolute Gasteiger partial charge is 0.143 e. The molecule has 0 saturated heterocycles. The molecule has 2 aromatic carbocycles. The molecule has 166 valence electrons. The van der Waals surface area contributed by atoms with Crippen LogP contribution in [0, 0.1) is 0 Å². The van der Waals surface area contributed by atoms with Crippen LogP contribution in [-0.2, 0) is 6.42 Å². The molecule has 4 aromatic heterocycles. The molecule has 0 bridgehead atoms. The van der Waals surface area contributed by atoms with Crippen LogP contribution >= 0.6 is 45.3 Å². The summed E-state index contributed by atoms with van der Waals surface area (Å²) in [6, 6.07) is 35.7. The van der Waals surface area contributed by atoms with Gasteiger partial charge in [0, 0.05) is 34.1 Å². The number of hydrogen-bond acceptors (Lipinski definition) is 4. The molecule has 0 N–H and O–H groups in total. The molecule has 0 aliphatic carbocycles. The van der Waals surface area contributed by atoms with Crippen LogP contribution in [0.2, 0.25) is 0 Å². The van der Waals surface area contributed by atoms with E-state index in [-0.39, 0.29) is 0 Å². The first kappa shape index (κ1) is 21.8. The van der Waals surface area contributed by atoms with Crippen molar-refractivity contribution in [2.75, 3.05) is 0 Å². The van der Waals surface area contributed by atoms with E-state index in [2.05, 4.69) is 109 Å². The first-order chi connectivity index (χ1) is 16.8. The van der Waals surface area contributed by atoms with Gasteiger partial charge in [0.25, 0.3) is 0 Å². The van der Waals surface area contributed by atoms with Gasteiger partial charge in [-0.1, -0.05) is 61.5 Å². The maximum Gasteiger partial charge on any atom is 0.0449 e. The van der Waals surface area contributed by atoms with Crippen molar-refractivity contribution in [1.82, 2.24) is 0 Å². The van der Waals surface area contributed by atoms with Gasteiger partial charge in [-0.15, -0.1) is 45.3 Å². The van der Waals surface area contributed by atoms with Gasteiger partial charge in [0.15, 0.2) is 0 Å². The highest BCUT2D eigenvalue weighted by Gasteiger charge is 2.11. The fourth-order valence-corrected chi connectivity index (χ4v) is 8.05. The lowest BCUT2D eigenvalue weighted by molar-refractivity contribution is 1.14. The third-order valence-electron chi connectivity index (χ3n) is 5.93. The molecule has 0 radical (unpaired) electrons. The van der Waals surface area contributed by atoms with Gasteiger partial charge in [0.2, 0.25) is 0 Å². The number of rotatable bonds is 6. The minimum atomic E-state index is 1.08. The van der Waals surface area contributed by atoms with Crippen LogP contribution in [0.15, 0.2) is 102 Å². The highest BCUT2D eigenvalue weighted by molar-refractivity contribution is 7.28. The van der Waals surface area contributed by atoms with Crippen molar-refractivity contribution in [3.8, 4) is 50.8 Å². The van der Waals surface area contributed by atoms with E-state index in [9.17, 15) is 0 Å². The molecule has 0 saturated carbocycles. The minimum absolute atomic E-state index is 1.08. The van der Waals surface area contributed by atoms with Crippen molar-refractivity contribution >= 4 is 45.3 Å². The summed E-state index contributed by atoms with van der Waals surface area (Å²) in [6.07, 6.45) is 1.08. The first-order valence-corrected chi connectivity index (χ1v) is 14.6. The summed E-state index contributed by atoms with van der Waals surface area (Å²) in [5, 5.41) is 2.14. The van der Waals surface area contributed by atoms with E-state index in [0.717, 1.165) is 6.42 Å². The van der Waals surface area contributed by atoms with Crippen molar-refractivity contribution in [2.45, 2.75) is 13.3 Å². The zero-order valence-corrected chi connectivity index (χ0v) is 21.9. The molecule has 6 rings (SSSR count). The Morgan fingerprint density at radius 1 is 0.441 bits per heavy atom. The lowest BCUT2D eigenvalue weighted by Crippen LogP contribution is -1.81. The molecule has 34 heavy (non-hydrogen) atoms. The van der Waals surface area contributed by atoms with Gasteiger partial charge in [0.05, 0.1) is 0 Å². The highest BCUT2D eigenvalue weighted by atomic mass is 32.1. The van der Waals surface area contributed by atoms with Crippen LogP contribution in [0.25, 0.3) is 50.8 Å². The van der Waals surface area contributed by atoms with Gasteiger partial charge in [0.1, 0.15) is 0 Å². The molecular formula is C30H22S4. The van der Waals surface area contributed by atoms with Crippen LogP contribution in [0.1, 0.15) is 12.5 Å². The number of aryl methyl sites for hydroxylation is 1. The second-order valence-electron chi connectivity index (χ2n) is 8.10. The second kappa shape index (κ2) is 9.47. The molecule has 0 aliphatic heterocycles. The molecule has 0 unspecified atom stereocenters. The van der Waals surface area contributed by atoms with Crippen molar-refractivity contribution < 1.29 is 0 Å². The van der Waals surface area contributed by atoms with Gasteiger partial charge in [-0.3, -0.25) is 0 Å². The Hall–Kier alpha value is -2.76. The average molecular weight is 511 g/mol. The predicted octanol–water partition coefficient (Wildman–Crippen LogP) is 10.8. The SMILES string of the molecule is CCc1ccc(-c2ccc(-c3ccc(-c4ccc(-c5ccc(-c6cccs6)s5)s4)s3)cc2)cc1. The Morgan fingerprint density at radius 3 is 1.38 bits per heavy atom. The fraction of sp³-hybridized carbons (Fsp3) is 0.0667. The van der Waals surface area contributed by atoms with Crippen molar-refractivity contribution in [3.63, 3.8) is 0 Å². The van der Waals surface area contributed by atoms with Gasteiger partial charge in [-0.2, -0.15) is 0 Å². The molecule has 0 amide bonds. The highest BCUT2D eigenvalue weighted by Crippen LogP contribution is 2.43. The van der Waals surface area contributed by atoms with E-state index in [4.69, 9.17) is 0 Å². The minimum Gasteiger partial charge on any atom is -0.143 e. The van der Waals surface area contributed by atoms with Gasteiger partial charge >= 0.3 is 0 Å². The topological polar surface area (TPSA) is 0 Å². The molecule has 0 fully saturated rings. The van der Waals surface area contributed by atoms with Gasteiger partial charge < -0.3 is 0 Å². The third kappa shape index (κ3) is 4.35. The maximum absolute atomic E-state index is 2.27. The van der Waals surface area contributed by atoms with E-state index in [1.165, 1.54) is 56.4 Å².